The van der Waals surface area contributed by atoms with Crippen LogP contribution in [-0.4, -0.2) is 24.5 Å². The Morgan fingerprint density at radius 2 is 1.88 bits per heavy atom. The summed E-state index contributed by atoms with van der Waals surface area (Å²) in [6.07, 6.45) is 2.79. The number of nitrogens with zero attached hydrogens (tertiary/aromatic N) is 1. The monoisotopic (exact) mass is 216 g/mol. The van der Waals surface area contributed by atoms with Gasteiger partial charge in [0.25, 0.3) is 0 Å². The van der Waals surface area contributed by atoms with Gasteiger partial charge >= 0.3 is 0 Å². The lowest BCUT2D eigenvalue weighted by atomic mass is 9.78. The van der Waals surface area contributed by atoms with Gasteiger partial charge in [0, 0.05) is 19.1 Å². The van der Waals surface area contributed by atoms with Gasteiger partial charge in [-0.1, -0.05) is 24.3 Å². The summed E-state index contributed by atoms with van der Waals surface area (Å²) in [5, 5.41) is 3.32. The van der Waals surface area contributed by atoms with Crippen LogP contribution in [0.1, 0.15) is 24.0 Å². The van der Waals surface area contributed by atoms with Crippen LogP contribution in [0, 0.1) is 5.92 Å². The van der Waals surface area contributed by atoms with Crippen molar-refractivity contribution in [2.45, 2.75) is 32.0 Å². The number of nitrogens with one attached hydrogen (secondary N) is 1. The van der Waals surface area contributed by atoms with Crippen molar-refractivity contribution in [1.82, 2.24) is 10.2 Å². The summed E-state index contributed by atoms with van der Waals surface area (Å²) in [5.74, 6) is 0.874. The number of hydrogen-bond donors (Lipinski definition) is 1. The Hall–Kier alpha value is -0.860. The Morgan fingerprint density at radius 1 is 1.19 bits per heavy atom. The van der Waals surface area contributed by atoms with E-state index < -0.39 is 0 Å². The van der Waals surface area contributed by atoms with Crippen LogP contribution in [0.5, 0.6) is 0 Å². The number of rotatable bonds is 3. The quantitative estimate of drug-likeness (QED) is 0.831. The molecule has 3 rings (SSSR count). The van der Waals surface area contributed by atoms with Gasteiger partial charge in [-0.3, -0.25) is 4.90 Å². The number of benzene rings is 1. The predicted molar refractivity (Wildman–Crippen MR) is 66.1 cm³/mol. The van der Waals surface area contributed by atoms with Crippen LogP contribution in [0.3, 0.4) is 0 Å². The summed E-state index contributed by atoms with van der Waals surface area (Å²) in [6.45, 7) is 3.51. The van der Waals surface area contributed by atoms with Crippen molar-refractivity contribution in [3.63, 3.8) is 0 Å². The van der Waals surface area contributed by atoms with E-state index in [1.807, 2.05) is 0 Å². The fourth-order valence-corrected chi connectivity index (χ4v) is 3.13. The van der Waals surface area contributed by atoms with Gasteiger partial charge in [-0.25, -0.2) is 0 Å². The molecule has 1 aliphatic carbocycles. The van der Waals surface area contributed by atoms with Crippen molar-refractivity contribution < 1.29 is 0 Å². The van der Waals surface area contributed by atoms with Gasteiger partial charge in [-0.2, -0.15) is 0 Å². The number of fused-ring (bicyclic) bond motifs is 1. The van der Waals surface area contributed by atoms with Crippen LogP contribution in [0.2, 0.25) is 0 Å². The van der Waals surface area contributed by atoms with Gasteiger partial charge in [0.05, 0.1) is 0 Å². The third kappa shape index (κ3) is 1.66. The summed E-state index contributed by atoms with van der Waals surface area (Å²) >= 11 is 0. The second-order valence-corrected chi connectivity index (χ2v) is 5.14. The lowest BCUT2D eigenvalue weighted by Crippen LogP contribution is -2.48. The van der Waals surface area contributed by atoms with Crippen LogP contribution < -0.4 is 5.32 Å². The molecule has 1 aliphatic heterocycles. The molecule has 1 saturated carbocycles. The highest BCUT2D eigenvalue weighted by Crippen LogP contribution is 2.36. The van der Waals surface area contributed by atoms with Crippen LogP contribution >= 0.6 is 0 Å². The Bertz CT molecular complexity index is 350. The molecule has 1 aromatic rings. The molecule has 0 bridgehead atoms. The van der Waals surface area contributed by atoms with Crippen molar-refractivity contribution in [1.29, 1.82) is 0 Å². The lowest BCUT2D eigenvalue weighted by Gasteiger charge is -2.42. The standard InChI is InChI=1S/C14H20N2/c1-15-8-11-6-7-14(11)16-9-12-4-2-3-5-13(12)10-16/h2-5,11,14-15H,6-10H2,1H3. The molecule has 1 N–H and O–H groups in total. The maximum atomic E-state index is 3.32. The molecule has 86 valence electrons. The molecule has 1 heterocycles. The zero-order chi connectivity index (χ0) is 11.0. The third-order valence-electron chi connectivity index (χ3n) is 4.18. The van der Waals surface area contributed by atoms with Gasteiger partial charge in [-0.05, 0) is 43.5 Å². The van der Waals surface area contributed by atoms with Crippen molar-refractivity contribution in [3.8, 4) is 0 Å². The minimum absolute atomic E-state index is 0.819. The highest BCUT2D eigenvalue weighted by Gasteiger charge is 2.37. The van der Waals surface area contributed by atoms with Gasteiger partial charge in [0.15, 0.2) is 0 Å². The summed E-state index contributed by atoms with van der Waals surface area (Å²) in [5.41, 5.74) is 3.08. The maximum Gasteiger partial charge on any atom is 0.0243 e. The fraction of sp³-hybridized carbons (Fsp3) is 0.571. The first kappa shape index (κ1) is 10.3. The molecule has 0 aromatic heterocycles. The first-order chi connectivity index (χ1) is 7.88. The first-order valence-corrected chi connectivity index (χ1v) is 6.34. The van der Waals surface area contributed by atoms with Crippen molar-refractivity contribution in [2.75, 3.05) is 13.6 Å². The van der Waals surface area contributed by atoms with Gasteiger partial charge in [-0.15, -0.1) is 0 Å². The van der Waals surface area contributed by atoms with Crippen LogP contribution in [-0.2, 0) is 13.1 Å². The van der Waals surface area contributed by atoms with E-state index in [2.05, 4.69) is 41.5 Å². The summed E-state index contributed by atoms with van der Waals surface area (Å²) in [4.78, 5) is 2.66. The SMILES string of the molecule is CNCC1CCC1N1Cc2ccccc2C1. The van der Waals surface area contributed by atoms with Crippen molar-refractivity contribution in [3.05, 3.63) is 35.4 Å². The zero-order valence-electron chi connectivity index (χ0n) is 9.95. The van der Waals surface area contributed by atoms with Crippen LogP contribution in [0.15, 0.2) is 24.3 Å². The molecule has 2 nitrogen and oxygen atoms in total. The molecule has 2 unspecified atom stereocenters. The normalized spacial score (nSPS) is 28.8. The highest BCUT2D eigenvalue weighted by molar-refractivity contribution is 5.30. The van der Waals surface area contributed by atoms with E-state index in [4.69, 9.17) is 0 Å². The summed E-state index contributed by atoms with van der Waals surface area (Å²) < 4.78 is 0. The second-order valence-electron chi connectivity index (χ2n) is 5.14. The van der Waals surface area contributed by atoms with Gasteiger partial charge in [0.2, 0.25) is 0 Å². The molecule has 0 saturated heterocycles. The van der Waals surface area contributed by atoms with Crippen LogP contribution in [0.25, 0.3) is 0 Å². The molecule has 2 atom stereocenters. The molecule has 2 heteroatoms. The smallest absolute Gasteiger partial charge is 0.0243 e. The topological polar surface area (TPSA) is 15.3 Å². The molecular weight excluding hydrogens is 196 g/mol. The van der Waals surface area contributed by atoms with E-state index in [1.54, 1.807) is 0 Å². The minimum atomic E-state index is 0.819. The van der Waals surface area contributed by atoms with E-state index in [1.165, 1.54) is 43.6 Å². The highest BCUT2D eigenvalue weighted by atomic mass is 15.2. The zero-order valence-corrected chi connectivity index (χ0v) is 9.95. The molecule has 16 heavy (non-hydrogen) atoms. The van der Waals surface area contributed by atoms with Crippen LogP contribution in [0.4, 0.5) is 0 Å². The predicted octanol–water partition coefficient (Wildman–Crippen LogP) is 2.00. The van der Waals surface area contributed by atoms with Crippen molar-refractivity contribution in [2.24, 2.45) is 5.92 Å². The molecule has 0 spiro atoms. The second kappa shape index (κ2) is 4.19. The van der Waals surface area contributed by atoms with E-state index in [-0.39, 0.29) is 0 Å². The minimum Gasteiger partial charge on any atom is -0.319 e. The average molecular weight is 216 g/mol. The molecular formula is C14H20N2. The van der Waals surface area contributed by atoms with Gasteiger partial charge in [0.1, 0.15) is 0 Å². The van der Waals surface area contributed by atoms with E-state index >= 15 is 0 Å². The summed E-state index contributed by atoms with van der Waals surface area (Å²) in [7, 11) is 2.06. The Balaban J connectivity index is 1.67. The maximum absolute atomic E-state index is 3.32. The molecule has 1 aromatic carbocycles. The average Bonchev–Trinajstić information content (AvgIpc) is 2.67. The molecule has 0 amide bonds. The van der Waals surface area contributed by atoms with Crippen molar-refractivity contribution >= 4 is 0 Å². The van der Waals surface area contributed by atoms with E-state index in [0.717, 1.165) is 12.0 Å². The Labute approximate surface area is 97.6 Å². The van der Waals surface area contributed by atoms with Gasteiger partial charge < -0.3 is 5.32 Å². The van der Waals surface area contributed by atoms with E-state index in [9.17, 15) is 0 Å². The Morgan fingerprint density at radius 3 is 2.38 bits per heavy atom. The molecule has 2 aliphatic rings. The lowest BCUT2D eigenvalue weighted by molar-refractivity contribution is 0.0603. The molecule has 1 fully saturated rings. The Kier molecular flexibility index (Phi) is 2.70. The fourth-order valence-electron chi connectivity index (χ4n) is 3.13. The first-order valence-electron chi connectivity index (χ1n) is 6.34. The summed E-state index contributed by atoms with van der Waals surface area (Å²) in [6, 6.07) is 9.70. The largest absolute Gasteiger partial charge is 0.319 e. The molecule has 0 radical (unpaired) electrons. The third-order valence-corrected chi connectivity index (χ3v) is 4.18. The van der Waals surface area contributed by atoms with E-state index in [0.29, 0.717) is 0 Å². The number of hydrogen-bond acceptors (Lipinski definition) is 2.